The average Bonchev–Trinajstić information content (AvgIpc) is 2.80. The molecule has 0 N–H and O–H groups in total. The maximum atomic E-state index is 13.8. The van der Waals surface area contributed by atoms with E-state index in [0.717, 1.165) is 11.0 Å². The molecular formula is C12H11F3NO3S-. The van der Waals surface area contributed by atoms with Crippen LogP contribution in [0.15, 0.2) is 6.07 Å². The highest BCUT2D eigenvalue weighted by Crippen LogP contribution is 2.51. The van der Waals surface area contributed by atoms with Crippen LogP contribution in [-0.4, -0.2) is 30.7 Å². The Morgan fingerprint density at radius 1 is 1.40 bits per heavy atom. The first-order valence-corrected chi connectivity index (χ1v) is 6.94. The van der Waals surface area contributed by atoms with Gasteiger partial charge in [-0.3, -0.25) is 0 Å². The van der Waals surface area contributed by atoms with E-state index in [9.17, 15) is 23.1 Å². The summed E-state index contributed by atoms with van der Waals surface area (Å²) in [5, 5.41) is 10.1. The topological polar surface area (TPSA) is 52.6 Å². The summed E-state index contributed by atoms with van der Waals surface area (Å²) in [6.45, 7) is -0.540. The molecule has 110 valence electrons. The van der Waals surface area contributed by atoms with E-state index in [1.807, 2.05) is 0 Å². The number of hydrogen-bond acceptors (Lipinski definition) is 4. The van der Waals surface area contributed by atoms with Crippen molar-refractivity contribution in [2.75, 3.05) is 19.7 Å². The standard InChI is InChI=1S/C12H12F3NO3S/c13-8-5-7-9(20-8)11(19-6-12(7,14)15)1-3-16(4-2-11)10(17)18/h5H,1-4,6H2,(H,17,18)/p-1. The molecule has 0 saturated carbocycles. The predicted octanol–water partition coefficient (Wildman–Crippen LogP) is 1.64. The minimum Gasteiger partial charge on any atom is -0.530 e. The van der Waals surface area contributed by atoms with Gasteiger partial charge in [0.25, 0.3) is 5.92 Å². The maximum Gasteiger partial charge on any atom is 0.297 e. The number of halogens is 3. The van der Waals surface area contributed by atoms with Crippen molar-refractivity contribution in [3.05, 3.63) is 21.6 Å². The third-order valence-corrected chi connectivity index (χ3v) is 4.98. The van der Waals surface area contributed by atoms with Crippen LogP contribution < -0.4 is 5.11 Å². The normalized spacial score (nSPS) is 23.6. The number of thiophene rings is 1. The van der Waals surface area contributed by atoms with Crippen molar-refractivity contribution < 1.29 is 27.8 Å². The number of carboxylic acid groups (broad SMARTS) is 1. The van der Waals surface area contributed by atoms with Crippen LogP contribution in [0.1, 0.15) is 23.3 Å². The van der Waals surface area contributed by atoms with Crippen molar-refractivity contribution in [3.63, 3.8) is 0 Å². The molecule has 8 heteroatoms. The lowest BCUT2D eigenvalue weighted by Crippen LogP contribution is -2.52. The van der Waals surface area contributed by atoms with E-state index < -0.39 is 29.4 Å². The van der Waals surface area contributed by atoms with Gasteiger partial charge in [0.15, 0.2) is 5.13 Å². The molecule has 1 spiro atoms. The van der Waals surface area contributed by atoms with Crippen molar-refractivity contribution in [1.29, 1.82) is 0 Å². The van der Waals surface area contributed by atoms with Crippen molar-refractivity contribution in [3.8, 4) is 0 Å². The first kappa shape index (κ1) is 13.7. The van der Waals surface area contributed by atoms with E-state index in [4.69, 9.17) is 4.74 Å². The Hall–Kier alpha value is -1.28. The molecule has 0 atom stereocenters. The summed E-state index contributed by atoms with van der Waals surface area (Å²) in [6.07, 6.45) is -0.841. The molecule has 0 aliphatic carbocycles. The first-order chi connectivity index (χ1) is 9.34. The zero-order valence-electron chi connectivity index (χ0n) is 10.3. The van der Waals surface area contributed by atoms with Gasteiger partial charge in [0.05, 0.1) is 0 Å². The number of rotatable bonds is 0. The smallest absolute Gasteiger partial charge is 0.297 e. The second-order valence-electron chi connectivity index (χ2n) is 5.03. The van der Waals surface area contributed by atoms with E-state index >= 15 is 0 Å². The number of ether oxygens (including phenoxy) is 1. The predicted molar refractivity (Wildman–Crippen MR) is 62.0 cm³/mol. The fourth-order valence-corrected chi connectivity index (χ4v) is 3.90. The SMILES string of the molecule is O=C([O-])N1CCC2(CC1)OCC(F)(F)c1cc(F)sc12. The van der Waals surface area contributed by atoms with Crippen LogP contribution in [0.25, 0.3) is 0 Å². The van der Waals surface area contributed by atoms with Gasteiger partial charge in [0, 0.05) is 23.5 Å². The molecule has 1 aromatic heterocycles. The van der Waals surface area contributed by atoms with Crippen LogP contribution in [0.4, 0.5) is 18.0 Å². The summed E-state index contributed by atoms with van der Waals surface area (Å²) in [4.78, 5) is 12.1. The quantitative estimate of drug-likeness (QED) is 0.732. The molecular weight excluding hydrogens is 295 g/mol. The molecule has 2 aliphatic rings. The Labute approximate surface area is 116 Å². The van der Waals surface area contributed by atoms with Gasteiger partial charge in [-0.05, 0) is 18.9 Å². The Balaban J connectivity index is 1.94. The lowest BCUT2D eigenvalue weighted by Gasteiger charge is -2.45. The van der Waals surface area contributed by atoms with Gasteiger partial charge in [-0.15, -0.1) is 11.3 Å². The minimum atomic E-state index is -3.20. The molecule has 4 nitrogen and oxygen atoms in total. The largest absolute Gasteiger partial charge is 0.530 e. The molecule has 3 heterocycles. The van der Waals surface area contributed by atoms with Crippen LogP contribution in [0.5, 0.6) is 0 Å². The lowest BCUT2D eigenvalue weighted by atomic mass is 9.84. The minimum absolute atomic E-state index is 0.132. The third kappa shape index (κ3) is 1.98. The van der Waals surface area contributed by atoms with Crippen LogP contribution in [0, 0.1) is 5.13 Å². The van der Waals surface area contributed by atoms with Gasteiger partial charge < -0.3 is 19.5 Å². The molecule has 2 aliphatic heterocycles. The number of alkyl halides is 2. The first-order valence-electron chi connectivity index (χ1n) is 6.12. The van der Waals surface area contributed by atoms with Crippen LogP contribution in [-0.2, 0) is 16.3 Å². The Morgan fingerprint density at radius 3 is 2.65 bits per heavy atom. The fourth-order valence-electron chi connectivity index (χ4n) is 2.77. The highest BCUT2D eigenvalue weighted by atomic mass is 32.1. The molecule has 0 aromatic carbocycles. The summed E-state index contributed by atoms with van der Waals surface area (Å²) in [5.74, 6) is -3.20. The molecule has 3 rings (SSSR count). The molecule has 1 fully saturated rings. The molecule has 0 unspecified atom stereocenters. The van der Waals surface area contributed by atoms with E-state index in [1.54, 1.807) is 0 Å². The molecule has 20 heavy (non-hydrogen) atoms. The van der Waals surface area contributed by atoms with Crippen LogP contribution in [0.2, 0.25) is 0 Å². The second-order valence-corrected chi connectivity index (χ2v) is 6.04. The molecule has 0 radical (unpaired) electrons. The Morgan fingerprint density at radius 2 is 2.05 bits per heavy atom. The number of carbonyl (C=O) groups is 1. The van der Waals surface area contributed by atoms with Gasteiger partial charge in [-0.1, -0.05) is 0 Å². The van der Waals surface area contributed by atoms with Crippen molar-refractivity contribution >= 4 is 17.4 Å². The van der Waals surface area contributed by atoms with Crippen molar-refractivity contribution in [2.45, 2.75) is 24.4 Å². The average molecular weight is 306 g/mol. The van der Waals surface area contributed by atoms with Gasteiger partial charge >= 0.3 is 0 Å². The van der Waals surface area contributed by atoms with Crippen LogP contribution in [0.3, 0.4) is 0 Å². The summed E-state index contributed by atoms with van der Waals surface area (Å²) < 4.78 is 46.2. The number of carbonyl (C=O) groups excluding carboxylic acids is 1. The monoisotopic (exact) mass is 306 g/mol. The number of hydrogen-bond donors (Lipinski definition) is 0. The van der Waals surface area contributed by atoms with Gasteiger partial charge in [-0.2, -0.15) is 13.2 Å². The van der Waals surface area contributed by atoms with E-state index in [0.29, 0.717) is 11.3 Å². The number of likely N-dealkylation sites (tertiary alicyclic amines) is 1. The molecule has 1 saturated heterocycles. The number of piperidine rings is 1. The third-order valence-electron chi connectivity index (χ3n) is 3.87. The lowest BCUT2D eigenvalue weighted by molar-refractivity contribution is -0.269. The van der Waals surface area contributed by atoms with Gasteiger partial charge in [0.2, 0.25) is 0 Å². The van der Waals surface area contributed by atoms with Crippen molar-refractivity contribution in [2.24, 2.45) is 0 Å². The summed E-state index contributed by atoms with van der Waals surface area (Å²) in [7, 11) is 0. The maximum absolute atomic E-state index is 13.8. The highest BCUT2D eigenvalue weighted by Gasteiger charge is 2.51. The van der Waals surface area contributed by atoms with E-state index in [1.165, 1.54) is 0 Å². The zero-order valence-corrected chi connectivity index (χ0v) is 11.1. The molecule has 1 amide bonds. The van der Waals surface area contributed by atoms with Gasteiger partial charge in [0.1, 0.15) is 18.3 Å². The molecule has 1 aromatic rings. The van der Waals surface area contributed by atoms with Crippen molar-refractivity contribution in [1.82, 2.24) is 4.90 Å². The van der Waals surface area contributed by atoms with Crippen LogP contribution >= 0.6 is 11.3 Å². The van der Waals surface area contributed by atoms with E-state index in [-0.39, 0.29) is 36.4 Å². The summed E-state index contributed by atoms with van der Waals surface area (Å²) >= 11 is 0.654. The Kier molecular flexibility index (Phi) is 2.98. The Bertz CT molecular complexity index is 552. The van der Waals surface area contributed by atoms with Gasteiger partial charge in [-0.25, -0.2) is 0 Å². The van der Waals surface area contributed by atoms with E-state index in [2.05, 4.69) is 0 Å². The zero-order chi connectivity index (χ0) is 14.5. The number of fused-ring (bicyclic) bond motifs is 2. The summed E-state index contributed by atoms with van der Waals surface area (Å²) in [6, 6.07) is 0.857. The number of amides is 1. The highest BCUT2D eigenvalue weighted by molar-refractivity contribution is 7.10. The molecule has 0 bridgehead atoms. The summed E-state index contributed by atoms with van der Waals surface area (Å²) in [5.41, 5.74) is -1.33. The number of nitrogens with zero attached hydrogens (tertiary/aromatic N) is 1. The second kappa shape index (κ2) is 4.36. The fraction of sp³-hybridized carbons (Fsp3) is 0.583.